The van der Waals surface area contributed by atoms with Crippen molar-refractivity contribution in [2.45, 2.75) is 32.4 Å². The first-order chi connectivity index (χ1) is 13.2. The topological polar surface area (TPSA) is 52.2 Å². The second-order valence-corrected chi connectivity index (χ2v) is 7.38. The lowest BCUT2D eigenvalue weighted by Gasteiger charge is -2.31. The van der Waals surface area contributed by atoms with Gasteiger partial charge in [0.05, 0.1) is 17.4 Å². The quantitative estimate of drug-likeness (QED) is 0.754. The third-order valence-corrected chi connectivity index (χ3v) is 5.21. The van der Waals surface area contributed by atoms with Crippen molar-refractivity contribution in [3.63, 3.8) is 0 Å². The van der Waals surface area contributed by atoms with Crippen LogP contribution in [0.1, 0.15) is 30.7 Å². The zero-order valence-electron chi connectivity index (χ0n) is 15.8. The van der Waals surface area contributed by atoms with Crippen LogP contribution in [0.2, 0.25) is 0 Å². The van der Waals surface area contributed by atoms with Crippen LogP contribution in [0.4, 0.5) is 5.69 Å². The number of fused-ring (bicyclic) bond motifs is 1. The summed E-state index contributed by atoms with van der Waals surface area (Å²) in [5.74, 6) is 0.705. The van der Waals surface area contributed by atoms with Gasteiger partial charge in [-0.2, -0.15) is 0 Å². The van der Waals surface area contributed by atoms with Gasteiger partial charge in [0.15, 0.2) is 0 Å². The first kappa shape index (κ1) is 17.7. The molecular weight excluding hydrogens is 336 g/mol. The van der Waals surface area contributed by atoms with Gasteiger partial charge in [0.25, 0.3) is 5.56 Å². The molecule has 3 aromatic rings. The van der Waals surface area contributed by atoms with Crippen LogP contribution in [0.15, 0.2) is 53.3 Å². The molecule has 2 heterocycles. The summed E-state index contributed by atoms with van der Waals surface area (Å²) in [5.41, 5.74) is 3.34. The summed E-state index contributed by atoms with van der Waals surface area (Å²) in [6, 6.07) is 16.1. The first-order valence-electron chi connectivity index (χ1n) is 9.70. The number of hydrogen-bond acceptors (Lipinski definition) is 4. The van der Waals surface area contributed by atoms with E-state index in [4.69, 9.17) is 0 Å². The molecular formula is C22H26N4O. The second kappa shape index (κ2) is 7.92. The maximum atomic E-state index is 12.3. The summed E-state index contributed by atoms with van der Waals surface area (Å²) in [5, 5.41) is 0.638. The number of hydrogen-bond donors (Lipinski definition) is 1. The highest BCUT2D eigenvalue weighted by molar-refractivity contribution is 5.77. The average molecular weight is 362 g/mol. The number of rotatable bonds is 5. The number of aromatic nitrogens is 2. The summed E-state index contributed by atoms with van der Waals surface area (Å²) in [4.78, 5) is 24.5. The highest BCUT2D eigenvalue weighted by atomic mass is 16.1. The number of nitrogens with zero attached hydrogens (tertiary/aromatic N) is 3. The van der Waals surface area contributed by atoms with Crippen molar-refractivity contribution < 1.29 is 0 Å². The molecule has 1 fully saturated rings. The molecule has 5 nitrogen and oxygen atoms in total. The Balaban J connectivity index is 1.52. The largest absolute Gasteiger partial charge is 0.371 e. The van der Waals surface area contributed by atoms with Gasteiger partial charge in [0.1, 0.15) is 5.82 Å². The zero-order valence-corrected chi connectivity index (χ0v) is 15.8. The minimum Gasteiger partial charge on any atom is -0.371 e. The maximum Gasteiger partial charge on any atom is 0.258 e. The number of piperidine rings is 1. The molecule has 5 heteroatoms. The molecule has 140 valence electrons. The van der Waals surface area contributed by atoms with Gasteiger partial charge >= 0.3 is 0 Å². The van der Waals surface area contributed by atoms with E-state index in [1.807, 2.05) is 24.3 Å². The smallest absolute Gasteiger partial charge is 0.258 e. The SMILES string of the molecule is CN(Cc1nc2ccccc2c(=O)[nH]1)Cc1ccccc1N1CCCCC1. The molecule has 1 aliphatic rings. The van der Waals surface area contributed by atoms with Crippen molar-refractivity contribution in [1.82, 2.24) is 14.9 Å². The van der Waals surface area contributed by atoms with Crippen LogP contribution in [0.5, 0.6) is 0 Å². The maximum absolute atomic E-state index is 12.3. The number of aromatic amines is 1. The van der Waals surface area contributed by atoms with Crippen molar-refractivity contribution in [3.8, 4) is 0 Å². The molecule has 0 atom stereocenters. The minimum atomic E-state index is -0.0716. The van der Waals surface area contributed by atoms with Gasteiger partial charge in [-0.15, -0.1) is 0 Å². The van der Waals surface area contributed by atoms with Crippen LogP contribution in [0.3, 0.4) is 0 Å². The Bertz CT molecular complexity index is 975. The van der Waals surface area contributed by atoms with Gasteiger partial charge in [-0.05, 0) is 50.1 Å². The molecule has 0 aliphatic carbocycles. The number of para-hydroxylation sites is 2. The molecule has 2 aromatic carbocycles. The van der Waals surface area contributed by atoms with E-state index in [-0.39, 0.29) is 5.56 Å². The fourth-order valence-electron chi connectivity index (χ4n) is 3.90. The highest BCUT2D eigenvalue weighted by Gasteiger charge is 2.15. The van der Waals surface area contributed by atoms with Crippen molar-refractivity contribution in [1.29, 1.82) is 0 Å². The second-order valence-electron chi connectivity index (χ2n) is 7.38. The van der Waals surface area contributed by atoms with Gasteiger partial charge in [-0.3, -0.25) is 9.69 Å². The molecule has 0 unspecified atom stereocenters. The molecule has 1 aromatic heterocycles. The number of nitrogens with one attached hydrogen (secondary N) is 1. The van der Waals surface area contributed by atoms with E-state index >= 15 is 0 Å². The van der Waals surface area contributed by atoms with Crippen LogP contribution in [-0.2, 0) is 13.1 Å². The minimum absolute atomic E-state index is 0.0716. The average Bonchev–Trinajstić information content (AvgIpc) is 2.69. The molecule has 0 amide bonds. The van der Waals surface area contributed by atoms with Crippen LogP contribution >= 0.6 is 0 Å². The van der Waals surface area contributed by atoms with Gasteiger partial charge in [0.2, 0.25) is 0 Å². The lowest BCUT2D eigenvalue weighted by molar-refractivity contribution is 0.310. The summed E-state index contributed by atoms with van der Waals surface area (Å²) >= 11 is 0. The predicted octanol–water partition coefficient (Wildman–Crippen LogP) is 3.55. The molecule has 1 saturated heterocycles. The Morgan fingerprint density at radius 2 is 1.74 bits per heavy atom. The predicted molar refractivity (Wildman–Crippen MR) is 110 cm³/mol. The first-order valence-corrected chi connectivity index (χ1v) is 9.70. The van der Waals surface area contributed by atoms with E-state index in [1.165, 1.54) is 30.5 Å². The van der Waals surface area contributed by atoms with E-state index in [9.17, 15) is 4.79 Å². The van der Waals surface area contributed by atoms with Crippen LogP contribution in [0.25, 0.3) is 10.9 Å². The van der Waals surface area contributed by atoms with E-state index in [0.717, 1.165) is 25.2 Å². The lowest BCUT2D eigenvalue weighted by atomic mass is 10.1. The van der Waals surface area contributed by atoms with E-state index in [0.29, 0.717) is 17.8 Å². The van der Waals surface area contributed by atoms with Crippen molar-refractivity contribution >= 4 is 16.6 Å². The van der Waals surface area contributed by atoms with E-state index in [2.05, 4.69) is 51.1 Å². The third-order valence-electron chi connectivity index (χ3n) is 5.21. The van der Waals surface area contributed by atoms with Crippen LogP contribution in [0, 0.1) is 0 Å². The van der Waals surface area contributed by atoms with Crippen molar-refractivity contribution in [2.24, 2.45) is 0 Å². The number of anilines is 1. The van der Waals surface area contributed by atoms with E-state index < -0.39 is 0 Å². The van der Waals surface area contributed by atoms with Gasteiger partial charge in [-0.25, -0.2) is 4.98 Å². The third kappa shape index (κ3) is 4.03. The molecule has 0 spiro atoms. The Hall–Kier alpha value is -2.66. The number of benzene rings is 2. The van der Waals surface area contributed by atoms with Crippen LogP contribution < -0.4 is 10.5 Å². The summed E-state index contributed by atoms with van der Waals surface area (Å²) < 4.78 is 0. The lowest BCUT2D eigenvalue weighted by Crippen LogP contribution is -2.31. The Labute approximate surface area is 159 Å². The standard InChI is InChI=1S/C22H26N4O/c1-25(16-21-23-19-11-5-4-10-18(19)22(27)24-21)15-17-9-3-6-12-20(17)26-13-7-2-8-14-26/h3-6,9-12H,2,7-8,13-16H2,1H3,(H,23,24,27). The Morgan fingerprint density at radius 3 is 2.59 bits per heavy atom. The zero-order chi connectivity index (χ0) is 18.6. The molecule has 1 N–H and O–H groups in total. The Kier molecular flexibility index (Phi) is 5.21. The fourth-order valence-corrected chi connectivity index (χ4v) is 3.90. The molecule has 4 rings (SSSR count). The fraction of sp³-hybridized carbons (Fsp3) is 0.364. The highest BCUT2D eigenvalue weighted by Crippen LogP contribution is 2.25. The number of H-pyrrole nitrogens is 1. The van der Waals surface area contributed by atoms with Gasteiger partial charge < -0.3 is 9.88 Å². The normalized spacial score (nSPS) is 14.8. The van der Waals surface area contributed by atoms with Gasteiger partial charge in [0, 0.05) is 25.3 Å². The monoisotopic (exact) mass is 362 g/mol. The molecule has 1 aliphatic heterocycles. The summed E-state index contributed by atoms with van der Waals surface area (Å²) in [6.07, 6.45) is 3.87. The molecule has 0 radical (unpaired) electrons. The summed E-state index contributed by atoms with van der Waals surface area (Å²) in [7, 11) is 2.07. The summed E-state index contributed by atoms with van der Waals surface area (Å²) in [6.45, 7) is 3.71. The molecule has 0 bridgehead atoms. The Morgan fingerprint density at radius 1 is 1.00 bits per heavy atom. The molecule has 0 saturated carbocycles. The van der Waals surface area contributed by atoms with Crippen LogP contribution in [-0.4, -0.2) is 35.0 Å². The van der Waals surface area contributed by atoms with Gasteiger partial charge in [-0.1, -0.05) is 30.3 Å². The van der Waals surface area contributed by atoms with Crippen molar-refractivity contribution in [3.05, 3.63) is 70.3 Å². The van der Waals surface area contributed by atoms with E-state index in [1.54, 1.807) is 0 Å². The van der Waals surface area contributed by atoms with Crippen molar-refractivity contribution in [2.75, 3.05) is 25.0 Å². The molecule has 27 heavy (non-hydrogen) atoms.